The molecule has 100 valence electrons. The number of pyridine rings is 1. The van der Waals surface area contributed by atoms with Crippen LogP contribution in [0.3, 0.4) is 0 Å². The normalized spacial score (nSPS) is 17.9. The van der Waals surface area contributed by atoms with Gasteiger partial charge >= 0.3 is 0 Å². The summed E-state index contributed by atoms with van der Waals surface area (Å²) in [5.41, 5.74) is 5.34. The molecular formula is C12H17F2N3S. The molecule has 0 atom stereocenters. The van der Waals surface area contributed by atoms with Crippen LogP contribution in [0.4, 0.5) is 20.4 Å². The maximum Gasteiger partial charge on any atom is 0.168 e. The van der Waals surface area contributed by atoms with Crippen LogP contribution in [0, 0.1) is 11.6 Å². The van der Waals surface area contributed by atoms with Crippen LogP contribution in [-0.2, 0) is 0 Å². The molecule has 0 radical (unpaired) electrons. The van der Waals surface area contributed by atoms with Crippen LogP contribution in [0.5, 0.6) is 0 Å². The van der Waals surface area contributed by atoms with Gasteiger partial charge in [-0.15, -0.1) is 0 Å². The zero-order valence-electron chi connectivity index (χ0n) is 10.3. The van der Waals surface area contributed by atoms with Crippen molar-refractivity contribution < 1.29 is 8.78 Å². The number of halogens is 2. The third-order valence-corrected chi connectivity index (χ3v) is 4.90. The Labute approximate surface area is 110 Å². The molecule has 1 aliphatic carbocycles. The number of hydrogen-bond donors (Lipinski definition) is 2. The third kappa shape index (κ3) is 2.68. The van der Waals surface area contributed by atoms with Gasteiger partial charge in [0.05, 0.1) is 0 Å². The molecule has 0 bridgehead atoms. The average molecular weight is 273 g/mol. The Bertz CT molecular complexity index is 434. The van der Waals surface area contributed by atoms with Gasteiger partial charge in [0, 0.05) is 17.4 Å². The summed E-state index contributed by atoms with van der Waals surface area (Å²) >= 11 is 1.79. The molecule has 1 aliphatic rings. The van der Waals surface area contributed by atoms with Crippen molar-refractivity contribution in [1.82, 2.24) is 4.98 Å². The number of nitrogens with zero attached hydrogens (tertiary/aromatic N) is 1. The molecule has 1 heterocycles. The monoisotopic (exact) mass is 273 g/mol. The van der Waals surface area contributed by atoms with Gasteiger partial charge < -0.3 is 11.1 Å². The SMILES string of the molecule is CSC1(CNc2nc(N)c(F)cc2F)CCCC1. The van der Waals surface area contributed by atoms with Crippen LogP contribution in [0.1, 0.15) is 25.7 Å². The smallest absolute Gasteiger partial charge is 0.168 e. The largest absolute Gasteiger partial charge is 0.381 e. The molecule has 0 aliphatic heterocycles. The Morgan fingerprint density at radius 2 is 2.06 bits per heavy atom. The first-order valence-corrected chi connectivity index (χ1v) is 7.19. The van der Waals surface area contributed by atoms with Crippen molar-refractivity contribution in [1.29, 1.82) is 0 Å². The molecule has 1 aromatic rings. The van der Waals surface area contributed by atoms with E-state index in [0.717, 1.165) is 18.9 Å². The second-order valence-electron chi connectivity index (χ2n) is 4.63. The lowest BCUT2D eigenvalue weighted by atomic mass is 10.1. The predicted octanol–water partition coefficient (Wildman–Crippen LogP) is 3.03. The van der Waals surface area contributed by atoms with E-state index in [-0.39, 0.29) is 16.4 Å². The number of nitrogen functional groups attached to an aromatic ring is 1. The Balaban J connectivity index is 2.08. The summed E-state index contributed by atoms with van der Waals surface area (Å²) in [7, 11) is 0. The molecule has 0 saturated heterocycles. The molecule has 6 heteroatoms. The van der Waals surface area contributed by atoms with E-state index >= 15 is 0 Å². The van der Waals surface area contributed by atoms with E-state index in [9.17, 15) is 8.78 Å². The summed E-state index contributed by atoms with van der Waals surface area (Å²) in [5, 5.41) is 2.96. The number of hydrogen-bond acceptors (Lipinski definition) is 4. The Morgan fingerprint density at radius 1 is 1.39 bits per heavy atom. The number of rotatable bonds is 4. The van der Waals surface area contributed by atoms with Crippen molar-refractivity contribution in [2.45, 2.75) is 30.4 Å². The van der Waals surface area contributed by atoms with Crippen molar-refractivity contribution in [3.63, 3.8) is 0 Å². The van der Waals surface area contributed by atoms with E-state index in [1.54, 1.807) is 11.8 Å². The number of nitrogens with one attached hydrogen (secondary N) is 1. The fourth-order valence-electron chi connectivity index (χ4n) is 2.32. The van der Waals surface area contributed by atoms with Crippen LogP contribution in [-0.4, -0.2) is 22.5 Å². The van der Waals surface area contributed by atoms with Crippen molar-refractivity contribution in [2.75, 3.05) is 23.9 Å². The van der Waals surface area contributed by atoms with Gasteiger partial charge in [0.15, 0.2) is 23.3 Å². The van der Waals surface area contributed by atoms with Crippen LogP contribution in [0.25, 0.3) is 0 Å². The van der Waals surface area contributed by atoms with Gasteiger partial charge in [-0.3, -0.25) is 0 Å². The van der Waals surface area contributed by atoms with E-state index in [4.69, 9.17) is 5.73 Å². The third-order valence-electron chi connectivity index (χ3n) is 3.48. The van der Waals surface area contributed by atoms with Crippen molar-refractivity contribution in [3.8, 4) is 0 Å². The minimum Gasteiger partial charge on any atom is -0.381 e. The van der Waals surface area contributed by atoms with Crippen LogP contribution >= 0.6 is 11.8 Å². The first-order valence-electron chi connectivity index (χ1n) is 5.97. The first-order chi connectivity index (χ1) is 8.56. The van der Waals surface area contributed by atoms with Crippen molar-refractivity contribution in [2.24, 2.45) is 0 Å². The standard InChI is InChI=1S/C12H17F2N3S/c1-18-12(4-2-3-5-12)7-16-11-9(14)6-8(13)10(15)17-11/h6H,2-5,7H2,1H3,(H3,15,16,17). The molecular weight excluding hydrogens is 256 g/mol. The molecule has 3 nitrogen and oxygen atoms in total. The highest BCUT2D eigenvalue weighted by Crippen LogP contribution is 2.40. The summed E-state index contributed by atoms with van der Waals surface area (Å²) in [5.74, 6) is -1.76. The van der Waals surface area contributed by atoms with Gasteiger partial charge in [0.2, 0.25) is 0 Å². The zero-order chi connectivity index (χ0) is 13.2. The molecule has 0 amide bonds. The highest BCUT2D eigenvalue weighted by atomic mass is 32.2. The Morgan fingerprint density at radius 3 is 2.67 bits per heavy atom. The van der Waals surface area contributed by atoms with Crippen LogP contribution in [0.2, 0.25) is 0 Å². The fourth-order valence-corrected chi connectivity index (χ4v) is 3.24. The first kappa shape index (κ1) is 13.4. The Hall–Kier alpha value is -1.04. The molecule has 0 unspecified atom stereocenters. The lowest BCUT2D eigenvalue weighted by Gasteiger charge is -2.27. The molecule has 1 aromatic heterocycles. The molecule has 2 rings (SSSR count). The second-order valence-corrected chi connectivity index (χ2v) is 5.91. The molecule has 18 heavy (non-hydrogen) atoms. The average Bonchev–Trinajstić information content (AvgIpc) is 2.82. The minimum atomic E-state index is -0.821. The van der Waals surface area contributed by atoms with Gasteiger partial charge in [-0.05, 0) is 19.1 Å². The van der Waals surface area contributed by atoms with Crippen LogP contribution in [0.15, 0.2) is 6.07 Å². The molecule has 0 spiro atoms. The van der Waals surface area contributed by atoms with E-state index in [1.165, 1.54) is 12.8 Å². The van der Waals surface area contributed by atoms with Gasteiger partial charge in [-0.2, -0.15) is 11.8 Å². The van der Waals surface area contributed by atoms with E-state index in [2.05, 4.69) is 16.6 Å². The number of thioether (sulfide) groups is 1. The maximum absolute atomic E-state index is 13.5. The highest BCUT2D eigenvalue weighted by molar-refractivity contribution is 8.00. The second kappa shape index (κ2) is 5.30. The van der Waals surface area contributed by atoms with Crippen molar-refractivity contribution >= 4 is 23.4 Å². The topological polar surface area (TPSA) is 50.9 Å². The van der Waals surface area contributed by atoms with Gasteiger partial charge in [-0.25, -0.2) is 13.8 Å². The van der Waals surface area contributed by atoms with E-state index < -0.39 is 11.6 Å². The van der Waals surface area contributed by atoms with Gasteiger partial charge in [-0.1, -0.05) is 12.8 Å². The lowest BCUT2D eigenvalue weighted by Crippen LogP contribution is -2.30. The van der Waals surface area contributed by atoms with Gasteiger partial charge in [0.25, 0.3) is 0 Å². The predicted molar refractivity (Wildman–Crippen MR) is 71.8 cm³/mol. The summed E-state index contributed by atoms with van der Waals surface area (Å²) in [4.78, 5) is 3.71. The van der Waals surface area contributed by atoms with Crippen LogP contribution < -0.4 is 11.1 Å². The fraction of sp³-hybridized carbons (Fsp3) is 0.583. The Kier molecular flexibility index (Phi) is 3.94. The number of aromatic nitrogens is 1. The summed E-state index contributed by atoms with van der Waals surface area (Å²) in [6.45, 7) is 0.628. The molecule has 0 aromatic carbocycles. The molecule has 3 N–H and O–H groups in total. The quantitative estimate of drug-likeness (QED) is 0.885. The van der Waals surface area contributed by atoms with Gasteiger partial charge in [0.1, 0.15) is 0 Å². The van der Waals surface area contributed by atoms with E-state index in [1.807, 2.05) is 0 Å². The zero-order valence-corrected chi connectivity index (χ0v) is 11.1. The van der Waals surface area contributed by atoms with Crippen molar-refractivity contribution in [3.05, 3.63) is 17.7 Å². The summed E-state index contributed by atoms with van der Waals surface area (Å²) < 4.78 is 26.6. The molecule has 1 saturated carbocycles. The minimum absolute atomic E-state index is 0.0363. The maximum atomic E-state index is 13.5. The lowest BCUT2D eigenvalue weighted by molar-refractivity contribution is 0.575. The summed E-state index contributed by atoms with van der Waals surface area (Å²) in [6.07, 6.45) is 6.68. The molecule has 1 fully saturated rings. The number of nitrogens with two attached hydrogens (primary N) is 1. The summed E-state index contributed by atoms with van der Waals surface area (Å²) in [6, 6.07) is 0.769. The van der Waals surface area contributed by atoms with E-state index in [0.29, 0.717) is 6.54 Å². The highest BCUT2D eigenvalue weighted by Gasteiger charge is 2.33. The number of anilines is 2.